The molecule has 7 rings (SSSR count). The molecule has 1 aromatic carbocycles. The molecule has 3 aliphatic rings. The molecule has 35 heavy (non-hydrogen) atoms. The second-order valence-corrected chi connectivity index (χ2v) is 10.3. The molecule has 4 aromatic rings. The first-order chi connectivity index (χ1) is 16.8. The fourth-order valence-electron chi connectivity index (χ4n) is 5.51. The van der Waals surface area contributed by atoms with Gasteiger partial charge in [0.25, 0.3) is 0 Å². The molecular formula is C24H23ClN6O4. The largest absolute Gasteiger partial charge is 0.490 e. The summed E-state index contributed by atoms with van der Waals surface area (Å²) in [6.45, 7) is 3.84. The van der Waals surface area contributed by atoms with Crippen LogP contribution in [0.15, 0.2) is 43.1 Å². The predicted octanol–water partition coefficient (Wildman–Crippen LogP) is 3.64. The predicted molar refractivity (Wildman–Crippen MR) is 127 cm³/mol. The molecule has 5 heterocycles. The summed E-state index contributed by atoms with van der Waals surface area (Å²) in [5, 5.41) is 1.58. The molecule has 3 atom stereocenters. The smallest absolute Gasteiger partial charge is 0.167 e. The summed E-state index contributed by atoms with van der Waals surface area (Å²) in [6.07, 6.45) is 5.00. The van der Waals surface area contributed by atoms with E-state index < -0.39 is 17.6 Å². The third-order valence-corrected chi connectivity index (χ3v) is 7.22. The van der Waals surface area contributed by atoms with E-state index in [1.165, 1.54) is 6.33 Å². The minimum atomic E-state index is -0.730. The van der Waals surface area contributed by atoms with Crippen molar-refractivity contribution in [1.29, 1.82) is 0 Å². The zero-order chi connectivity index (χ0) is 23.9. The normalized spacial score (nSPS) is 31.2. The molecule has 0 radical (unpaired) electrons. The Balaban J connectivity index is 1.15. The molecule has 2 saturated heterocycles. The van der Waals surface area contributed by atoms with Gasteiger partial charge in [-0.1, -0.05) is 11.6 Å². The van der Waals surface area contributed by atoms with Gasteiger partial charge in [0.05, 0.1) is 16.9 Å². The Bertz CT molecular complexity index is 1470. The van der Waals surface area contributed by atoms with Crippen LogP contribution in [0.4, 0.5) is 5.82 Å². The number of rotatable bonds is 3. The van der Waals surface area contributed by atoms with Crippen molar-refractivity contribution >= 4 is 39.5 Å². The van der Waals surface area contributed by atoms with E-state index in [-0.39, 0.29) is 18.3 Å². The van der Waals surface area contributed by atoms with E-state index in [2.05, 4.69) is 19.9 Å². The number of ether oxygens (including phenoxy) is 4. The fraction of sp³-hybridized carbons (Fsp3) is 0.417. The molecule has 2 N–H and O–H groups in total. The average molecular weight is 495 g/mol. The first-order valence-electron chi connectivity index (χ1n) is 11.5. The standard InChI is InChI=1S/C24H23ClN6O4/c1-23(2)33-18-19(34-23)24(35-22(18)31-11-30-17-20(26)28-10-29-21(17)31)7-15(8-24)32-14-4-3-12-5-13(25)9-27-16(12)6-14/h3-6,9-11,15,18-19,22H,7-8H2,1-2H3,(H2,26,28,29)/t15?,18-,19+,22-,24?/m1/s1. The SMILES string of the molecule is CC1(C)O[C@H]2[C@H](n3cnc4c(N)ncnc43)OC3(CC(Oc4ccc5cc(Cl)cnc5c4)C3)[C@H]2O1. The van der Waals surface area contributed by atoms with Gasteiger partial charge in [-0.2, -0.15) is 0 Å². The van der Waals surface area contributed by atoms with Crippen LogP contribution in [0.3, 0.4) is 0 Å². The molecule has 11 heteroatoms. The van der Waals surface area contributed by atoms with Gasteiger partial charge in [0, 0.05) is 30.5 Å². The highest BCUT2D eigenvalue weighted by atomic mass is 35.5. The van der Waals surface area contributed by atoms with E-state index in [9.17, 15) is 0 Å². The number of fused-ring (bicyclic) bond motifs is 4. The fourth-order valence-corrected chi connectivity index (χ4v) is 5.68. The molecule has 0 bridgehead atoms. The van der Waals surface area contributed by atoms with Gasteiger partial charge in [0.15, 0.2) is 23.5 Å². The summed E-state index contributed by atoms with van der Waals surface area (Å²) in [6, 6.07) is 7.71. The zero-order valence-corrected chi connectivity index (χ0v) is 19.8. The summed E-state index contributed by atoms with van der Waals surface area (Å²) in [4.78, 5) is 17.2. The number of benzene rings is 1. The minimum absolute atomic E-state index is 0.0241. The molecule has 3 fully saturated rings. The van der Waals surface area contributed by atoms with Crippen molar-refractivity contribution in [3.63, 3.8) is 0 Å². The number of nitrogens with two attached hydrogens (primary N) is 1. The topological polar surface area (TPSA) is 119 Å². The second kappa shape index (κ2) is 7.23. The van der Waals surface area contributed by atoms with Crippen LogP contribution < -0.4 is 10.5 Å². The van der Waals surface area contributed by atoms with Crippen molar-refractivity contribution in [2.45, 2.75) is 62.6 Å². The van der Waals surface area contributed by atoms with Gasteiger partial charge in [-0.05, 0) is 32.0 Å². The first-order valence-corrected chi connectivity index (χ1v) is 11.9. The van der Waals surface area contributed by atoms with Gasteiger partial charge < -0.3 is 24.7 Å². The summed E-state index contributed by atoms with van der Waals surface area (Å²) >= 11 is 6.05. The number of hydrogen-bond donors (Lipinski definition) is 1. The van der Waals surface area contributed by atoms with Crippen LogP contribution in [0.2, 0.25) is 5.02 Å². The maximum Gasteiger partial charge on any atom is 0.167 e. The van der Waals surface area contributed by atoms with Crippen molar-refractivity contribution in [2.24, 2.45) is 0 Å². The lowest BCUT2D eigenvalue weighted by Gasteiger charge is -2.46. The van der Waals surface area contributed by atoms with Crippen molar-refractivity contribution in [2.75, 3.05) is 5.73 Å². The Morgan fingerprint density at radius 1 is 1.09 bits per heavy atom. The van der Waals surface area contributed by atoms with Crippen LogP contribution in [0.25, 0.3) is 22.1 Å². The van der Waals surface area contributed by atoms with Crippen molar-refractivity contribution in [1.82, 2.24) is 24.5 Å². The monoisotopic (exact) mass is 494 g/mol. The number of imidazole rings is 1. The lowest BCUT2D eigenvalue weighted by atomic mass is 9.73. The van der Waals surface area contributed by atoms with Crippen LogP contribution in [0.5, 0.6) is 5.75 Å². The Kier molecular flexibility index (Phi) is 4.39. The number of halogens is 1. The molecular weight excluding hydrogens is 472 g/mol. The van der Waals surface area contributed by atoms with E-state index in [0.717, 1.165) is 16.7 Å². The van der Waals surface area contributed by atoms with Crippen molar-refractivity contribution < 1.29 is 18.9 Å². The number of anilines is 1. The van der Waals surface area contributed by atoms with E-state index in [1.54, 1.807) is 12.5 Å². The van der Waals surface area contributed by atoms with Gasteiger partial charge >= 0.3 is 0 Å². The number of hydrogen-bond acceptors (Lipinski definition) is 9. The third-order valence-electron chi connectivity index (χ3n) is 7.02. The van der Waals surface area contributed by atoms with Gasteiger partial charge in [0.2, 0.25) is 0 Å². The molecule has 1 saturated carbocycles. The number of nitrogens with zero attached hydrogens (tertiary/aromatic N) is 5. The lowest BCUT2D eigenvalue weighted by molar-refractivity contribution is -0.249. The van der Waals surface area contributed by atoms with Gasteiger partial charge in [-0.15, -0.1) is 0 Å². The first kappa shape index (κ1) is 21.3. The molecule has 3 aromatic heterocycles. The van der Waals surface area contributed by atoms with Crippen molar-refractivity contribution in [3.05, 3.63) is 48.1 Å². The summed E-state index contributed by atoms with van der Waals surface area (Å²) < 4.78 is 27.4. The summed E-state index contributed by atoms with van der Waals surface area (Å²) in [7, 11) is 0. The Hall–Kier alpha value is -3.05. The zero-order valence-electron chi connectivity index (χ0n) is 19.1. The number of pyridine rings is 1. The van der Waals surface area contributed by atoms with Crippen LogP contribution in [0.1, 0.15) is 32.9 Å². The highest BCUT2D eigenvalue weighted by Gasteiger charge is 2.68. The van der Waals surface area contributed by atoms with Gasteiger partial charge in [-0.25, -0.2) is 15.0 Å². The van der Waals surface area contributed by atoms with Crippen LogP contribution >= 0.6 is 11.6 Å². The molecule has 2 aliphatic heterocycles. The highest BCUT2D eigenvalue weighted by molar-refractivity contribution is 6.31. The molecule has 180 valence electrons. The van der Waals surface area contributed by atoms with E-state index in [4.69, 9.17) is 36.3 Å². The summed E-state index contributed by atoms with van der Waals surface area (Å²) in [5.74, 6) is 0.354. The summed E-state index contributed by atoms with van der Waals surface area (Å²) in [5.41, 5.74) is 7.42. The second-order valence-electron chi connectivity index (χ2n) is 9.83. The van der Waals surface area contributed by atoms with Crippen LogP contribution in [0, 0.1) is 0 Å². The number of aromatic nitrogens is 5. The van der Waals surface area contributed by atoms with E-state index >= 15 is 0 Å². The minimum Gasteiger partial charge on any atom is -0.490 e. The quantitative estimate of drug-likeness (QED) is 0.455. The van der Waals surface area contributed by atoms with Gasteiger partial charge in [0.1, 0.15) is 41.5 Å². The number of nitrogen functional groups attached to an aromatic ring is 1. The molecule has 10 nitrogen and oxygen atoms in total. The molecule has 0 amide bonds. The molecule has 1 aliphatic carbocycles. The lowest BCUT2D eigenvalue weighted by Crippen LogP contribution is -2.57. The average Bonchev–Trinajstić information content (AvgIpc) is 3.44. The highest BCUT2D eigenvalue weighted by Crippen LogP contribution is 2.56. The van der Waals surface area contributed by atoms with Crippen LogP contribution in [-0.2, 0) is 14.2 Å². The Labute approximate surface area is 205 Å². The maximum absolute atomic E-state index is 6.65. The van der Waals surface area contributed by atoms with Crippen molar-refractivity contribution in [3.8, 4) is 5.75 Å². The van der Waals surface area contributed by atoms with E-state index in [1.807, 2.05) is 42.7 Å². The molecule has 0 unspecified atom stereocenters. The van der Waals surface area contributed by atoms with E-state index in [0.29, 0.717) is 34.8 Å². The van der Waals surface area contributed by atoms with Crippen LogP contribution in [-0.4, -0.2) is 54.2 Å². The van der Waals surface area contributed by atoms with Gasteiger partial charge in [-0.3, -0.25) is 9.55 Å². The Morgan fingerprint density at radius 2 is 1.94 bits per heavy atom. The third kappa shape index (κ3) is 3.28. The Morgan fingerprint density at radius 3 is 2.80 bits per heavy atom. The maximum atomic E-state index is 6.65. The molecule has 1 spiro atoms.